The zero-order valence-electron chi connectivity index (χ0n) is 12.2. The van der Waals surface area contributed by atoms with Crippen LogP contribution in [0.15, 0.2) is 18.2 Å². The molecular formula is C17H23NO2. The van der Waals surface area contributed by atoms with Crippen molar-refractivity contribution in [2.24, 2.45) is 0 Å². The molecule has 0 spiro atoms. The monoisotopic (exact) mass is 273 g/mol. The number of carbonyl (C=O) groups excluding carboxylic acids is 1. The lowest BCUT2D eigenvalue weighted by Crippen LogP contribution is -2.36. The highest BCUT2D eigenvalue weighted by molar-refractivity contribution is 5.96. The van der Waals surface area contributed by atoms with Gasteiger partial charge in [-0.3, -0.25) is 4.79 Å². The minimum Gasteiger partial charge on any atom is -0.377 e. The van der Waals surface area contributed by atoms with Gasteiger partial charge in [0, 0.05) is 25.3 Å². The summed E-state index contributed by atoms with van der Waals surface area (Å²) in [6, 6.07) is 6.22. The first-order valence-electron chi connectivity index (χ1n) is 7.77. The lowest BCUT2D eigenvalue weighted by atomic mass is 9.88. The lowest BCUT2D eigenvalue weighted by molar-refractivity contribution is 0.0562. The van der Waals surface area contributed by atoms with Crippen molar-refractivity contribution in [1.29, 1.82) is 0 Å². The van der Waals surface area contributed by atoms with Crippen LogP contribution >= 0.6 is 0 Å². The molecule has 1 unspecified atom stereocenters. The fraction of sp³-hybridized carbons (Fsp3) is 0.588. The topological polar surface area (TPSA) is 29.5 Å². The van der Waals surface area contributed by atoms with Gasteiger partial charge in [0.15, 0.2) is 0 Å². The summed E-state index contributed by atoms with van der Waals surface area (Å²) in [4.78, 5) is 14.8. The maximum atomic E-state index is 12.8. The fourth-order valence-electron chi connectivity index (χ4n) is 3.33. The minimum absolute atomic E-state index is 0.140. The summed E-state index contributed by atoms with van der Waals surface area (Å²) >= 11 is 0. The normalized spacial score (nSPS) is 23.1. The summed E-state index contributed by atoms with van der Waals surface area (Å²) in [5, 5.41) is 0. The Hall–Kier alpha value is -1.35. The number of hydrogen-bond donors (Lipinski definition) is 0. The molecule has 1 fully saturated rings. The standard InChI is InChI=1S/C17H23NO2/c1-13-12-18(10-5-11-20-13)17(19)16-9-4-7-14-6-2-3-8-15(14)16/h4,7,9,13H,2-3,5-6,8,10-12H2,1H3. The SMILES string of the molecule is CC1CN(C(=O)c2cccc3c2CCCC3)CCCO1. The van der Waals surface area contributed by atoms with Gasteiger partial charge in [-0.05, 0) is 56.2 Å². The van der Waals surface area contributed by atoms with Crippen molar-refractivity contribution in [3.05, 3.63) is 34.9 Å². The van der Waals surface area contributed by atoms with Gasteiger partial charge >= 0.3 is 0 Å². The van der Waals surface area contributed by atoms with Gasteiger partial charge in [0.2, 0.25) is 0 Å². The Balaban J connectivity index is 1.86. The van der Waals surface area contributed by atoms with E-state index in [2.05, 4.69) is 6.07 Å². The number of carbonyl (C=O) groups is 1. The smallest absolute Gasteiger partial charge is 0.254 e. The number of fused-ring (bicyclic) bond motifs is 1. The molecule has 3 nitrogen and oxygen atoms in total. The molecule has 1 aromatic rings. The van der Waals surface area contributed by atoms with Crippen LogP contribution in [-0.2, 0) is 17.6 Å². The Morgan fingerprint density at radius 3 is 3.00 bits per heavy atom. The molecule has 0 N–H and O–H groups in total. The molecule has 3 rings (SSSR count). The first-order valence-corrected chi connectivity index (χ1v) is 7.77. The molecule has 0 bridgehead atoms. The summed E-state index contributed by atoms with van der Waals surface area (Å²) in [7, 11) is 0. The molecule has 1 heterocycles. The second-order valence-electron chi connectivity index (χ2n) is 5.94. The molecule has 1 aliphatic carbocycles. The second kappa shape index (κ2) is 5.96. The Morgan fingerprint density at radius 2 is 2.10 bits per heavy atom. The molecule has 3 heteroatoms. The van der Waals surface area contributed by atoms with Gasteiger partial charge in [-0.2, -0.15) is 0 Å². The van der Waals surface area contributed by atoms with Gasteiger partial charge in [0.05, 0.1) is 6.10 Å². The van der Waals surface area contributed by atoms with Crippen LogP contribution < -0.4 is 0 Å². The zero-order valence-corrected chi connectivity index (χ0v) is 12.2. The molecule has 1 saturated heterocycles. The third kappa shape index (κ3) is 2.73. The highest BCUT2D eigenvalue weighted by Gasteiger charge is 2.24. The number of rotatable bonds is 1. The predicted octanol–water partition coefficient (Wildman–Crippen LogP) is 2.82. The van der Waals surface area contributed by atoms with E-state index in [1.807, 2.05) is 24.0 Å². The zero-order chi connectivity index (χ0) is 13.9. The summed E-state index contributed by atoms with van der Waals surface area (Å²) in [5.41, 5.74) is 3.60. The molecule has 0 saturated carbocycles. The van der Waals surface area contributed by atoms with E-state index in [4.69, 9.17) is 4.74 Å². The Labute approximate surface area is 120 Å². The molecule has 0 aromatic heterocycles. The number of benzene rings is 1. The van der Waals surface area contributed by atoms with Crippen LogP contribution in [0.4, 0.5) is 0 Å². The first-order chi connectivity index (χ1) is 9.75. The van der Waals surface area contributed by atoms with Crippen LogP contribution in [0.1, 0.15) is 47.7 Å². The average molecular weight is 273 g/mol. The van der Waals surface area contributed by atoms with Gasteiger partial charge in [-0.1, -0.05) is 12.1 Å². The third-order valence-corrected chi connectivity index (χ3v) is 4.37. The maximum Gasteiger partial charge on any atom is 0.254 e. The number of nitrogens with zero attached hydrogens (tertiary/aromatic N) is 1. The van der Waals surface area contributed by atoms with E-state index in [1.54, 1.807) is 0 Å². The van der Waals surface area contributed by atoms with Gasteiger partial charge in [0.1, 0.15) is 0 Å². The summed E-state index contributed by atoms with van der Waals surface area (Å²) in [6.07, 6.45) is 5.70. The highest BCUT2D eigenvalue weighted by atomic mass is 16.5. The molecular weight excluding hydrogens is 250 g/mol. The molecule has 2 aliphatic rings. The van der Waals surface area contributed by atoms with E-state index >= 15 is 0 Å². The van der Waals surface area contributed by atoms with Gasteiger partial charge in [-0.15, -0.1) is 0 Å². The van der Waals surface area contributed by atoms with Crippen LogP contribution in [0.25, 0.3) is 0 Å². The van der Waals surface area contributed by atoms with E-state index in [9.17, 15) is 4.79 Å². The minimum atomic E-state index is 0.140. The number of hydrogen-bond acceptors (Lipinski definition) is 2. The molecule has 108 valence electrons. The van der Waals surface area contributed by atoms with Crippen LogP contribution in [0.2, 0.25) is 0 Å². The van der Waals surface area contributed by atoms with Crippen molar-refractivity contribution in [1.82, 2.24) is 4.90 Å². The third-order valence-electron chi connectivity index (χ3n) is 4.37. The van der Waals surface area contributed by atoms with E-state index < -0.39 is 0 Å². The van der Waals surface area contributed by atoms with Crippen molar-refractivity contribution in [2.45, 2.75) is 45.1 Å². The summed E-state index contributed by atoms with van der Waals surface area (Å²) < 4.78 is 5.64. The van der Waals surface area contributed by atoms with Crippen LogP contribution in [0.3, 0.4) is 0 Å². The lowest BCUT2D eigenvalue weighted by Gasteiger charge is -2.25. The van der Waals surface area contributed by atoms with Gasteiger partial charge in [0.25, 0.3) is 5.91 Å². The summed E-state index contributed by atoms with van der Waals surface area (Å²) in [5.74, 6) is 0.195. The van der Waals surface area contributed by atoms with E-state index in [-0.39, 0.29) is 12.0 Å². The van der Waals surface area contributed by atoms with Crippen LogP contribution in [0.5, 0.6) is 0 Å². The Bertz CT molecular complexity index is 498. The molecule has 1 aromatic carbocycles. The van der Waals surface area contributed by atoms with Crippen molar-refractivity contribution in [3.63, 3.8) is 0 Å². The number of aryl methyl sites for hydroxylation is 1. The molecule has 1 aliphatic heterocycles. The van der Waals surface area contributed by atoms with E-state index in [0.29, 0.717) is 6.54 Å². The largest absolute Gasteiger partial charge is 0.377 e. The summed E-state index contributed by atoms with van der Waals surface area (Å²) in [6.45, 7) is 4.33. The van der Waals surface area contributed by atoms with Crippen molar-refractivity contribution < 1.29 is 9.53 Å². The van der Waals surface area contributed by atoms with E-state index in [0.717, 1.165) is 38.0 Å². The molecule has 20 heavy (non-hydrogen) atoms. The first kappa shape index (κ1) is 13.6. The van der Waals surface area contributed by atoms with Gasteiger partial charge < -0.3 is 9.64 Å². The van der Waals surface area contributed by atoms with Crippen molar-refractivity contribution in [2.75, 3.05) is 19.7 Å². The maximum absolute atomic E-state index is 12.8. The molecule has 1 atom stereocenters. The molecule has 0 radical (unpaired) electrons. The predicted molar refractivity (Wildman–Crippen MR) is 79.0 cm³/mol. The van der Waals surface area contributed by atoms with Crippen molar-refractivity contribution >= 4 is 5.91 Å². The highest BCUT2D eigenvalue weighted by Crippen LogP contribution is 2.25. The Kier molecular flexibility index (Phi) is 4.06. The number of amides is 1. The van der Waals surface area contributed by atoms with Crippen molar-refractivity contribution in [3.8, 4) is 0 Å². The van der Waals surface area contributed by atoms with Crippen LogP contribution in [0, 0.1) is 0 Å². The second-order valence-corrected chi connectivity index (χ2v) is 5.94. The quantitative estimate of drug-likeness (QED) is 0.787. The van der Waals surface area contributed by atoms with E-state index in [1.165, 1.54) is 24.0 Å². The molecule has 1 amide bonds. The fourth-order valence-corrected chi connectivity index (χ4v) is 3.33. The van der Waals surface area contributed by atoms with Gasteiger partial charge in [-0.25, -0.2) is 0 Å². The Morgan fingerprint density at radius 1 is 1.25 bits per heavy atom. The average Bonchev–Trinajstić information content (AvgIpc) is 2.70. The van der Waals surface area contributed by atoms with Crippen LogP contribution in [-0.4, -0.2) is 36.6 Å². The number of ether oxygens (including phenoxy) is 1.